The molecule has 0 saturated heterocycles. The maximum absolute atomic E-state index is 12.6. The quantitative estimate of drug-likeness (QED) is 0.308. The number of rotatable bonds is 4. The van der Waals surface area contributed by atoms with Crippen molar-refractivity contribution in [1.82, 2.24) is 0 Å². The van der Waals surface area contributed by atoms with Gasteiger partial charge < -0.3 is 4.43 Å². The molecular weight excluding hydrogens is 388 g/mol. The van der Waals surface area contributed by atoms with Crippen LogP contribution in [0.5, 0.6) is 0 Å². The molecule has 0 radical (unpaired) electrons. The van der Waals surface area contributed by atoms with E-state index in [1.165, 1.54) is 0 Å². The highest BCUT2D eigenvalue weighted by molar-refractivity contribution is 6.84. The topological polar surface area (TPSA) is 26.3 Å². The lowest BCUT2D eigenvalue weighted by atomic mass is 10.00. The molecule has 158 valence electrons. The van der Waals surface area contributed by atoms with Crippen LogP contribution in [-0.2, 0) is 9.22 Å². The van der Waals surface area contributed by atoms with Gasteiger partial charge in [-0.3, -0.25) is 4.79 Å². The van der Waals surface area contributed by atoms with E-state index in [9.17, 15) is 4.79 Å². The van der Waals surface area contributed by atoms with Crippen molar-refractivity contribution in [3.05, 3.63) is 11.1 Å². The molecule has 0 fully saturated rings. The minimum atomic E-state index is -1.71. The zero-order valence-corrected chi connectivity index (χ0v) is 21.8. The molecular formula is C25H38O2Si2. The monoisotopic (exact) mass is 426 g/mol. The fraction of sp³-hybridized carbons (Fsp3) is 0.640. The molecule has 0 unspecified atom stereocenters. The standard InChI is InChI=1S/C25H38O2Si2/c1-25(2,3)29(7,8)27-20-15-10-9-12-16-22-17-13-11-14-18-23(22)24(26)19-21-28(4,5)6/h11,13-15,17-18,20H2,1-8H3. The first-order valence-corrected chi connectivity index (χ1v) is 17.2. The highest BCUT2D eigenvalue weighted by atomic mass is 28.4. The van der Waals surface area contributed by atoms with Crippen molar-refractivity contribution >= 4 is 22.2 Å². The van der Waals surface area contributed by atoms with Crippen molar-refractivity contribution in [2.75, 3.05) is 6.61 Å². The number of allylic oxidation sites excluding steroid dienone is 2. The first kappa shape index (κ1) is 25.5. The second-order valence-corrected chi connectivity index (χ2v) is 19.8. The van der Waals surface area contributed by atoms with Gasteiger partial charge in [-0.25, -0.2) is 0 Å². The lowest BCUT2D eigenvalue weighted by Gasteiger charge is -2.35. The lowest BCUT2D eigenvalue weighted by molar-refractivity contribution is -0.110. The summed E-state index contributed by atoms with van der Waals surface area (Å²) in [5, 5.41) is 0.216. The summed E-state index contributed by atoms with van der Waals surface area (Å²) in [6, 6.07) is 0. The van der Waals surface area contributed by atoms with Crippen LogP contribution < -0.4 is 0 Å². The second-order valence-electron chi connectivity index (χ2n) is 10.3. The normalized spacial score (nSPS) is 15.2. The van der Waals surface area contributed by atoms with Gasteiger partial charge in [0.15, 0.2) is 8.32 Å². The first-order valence-electron chi connectivity index (χ1n) is 10.8. The Morgan fingerprint density at radius 1 is 1.00 bits per heavy atom. The Balaban J connectivity index is 2.80. The highest BCUT2D eigenvalue weighted by Crippen LogP contribution is 2.36. The minimum absolute atomic E-state index is 0.0330. The molecule has 0 saturated carbocycles. The third kappa shape index (κ3) is 9.69. The maximum atomic E-state index is 12.6. The molecule has 2 nitrogen and oxygen atoms in total. The summed E-state index contributed by atoms with van der Waals surface area (Å²) >= 11 is 0. The van der Waals surface area contributed by atoms with Crippen LogP contribution in [0.2, 0.25) is 37.8 Å². The van der Waals surface area contributed by atoms with E-state index in [0.717, 1.165) is 43.3 Å². The molecule has 0 N–H and O–H groups in total. The van der Waals surface area contributed by atoms with Crippen LogP contribution in [-0.4, -0.2) is 28.8 Å². The van der Waals surface area contributed by atoms with Crippen LogP contribution in [0.4, 0.5) is 0 Å². The summed E-state index contributed by atoms with van der Waals surface area (Å²) in [6.45, 7) is 18.3. The molecule has 29 heavy (non-hydrogen) atoms. The van der Waals surface area contributed by atoms with Gasteiger partial charge in [0.2, 0.25) is 5.78 Å². The van der Waals surface area contributed by atoms with E-state index < -0.39 is 16.4 Å². The fourth-order valence-electron chi connectivity index (χ4n) is 2.58. The predicted octanol–water partition coefficient (Wildman–Crippen LogP) is 6.12. The van der Waals surface area contributed by atoms with Gasteiger partial charge in [-0.05, 0) is 61.6 Å². The molecule has 1 aliphatic carbocycles. The predicted molar refractivity (Wildman–Crippen MR) is 130 cm³/mol. The molecule has 0 amide bonds. The Morgan fingerprint density at radius 2 is 1.66 bits per heavy atom. The fourth-order valence-corrected chi connectivity index (χ4v) is 4.11. The Bertz CT molecular complexity index is 801. The Kier molecular flexibility index (Phi) is 9.71. The van der Waals surface area contributed by atoms with E-state index in [4.69, 9.17) is 4.43 Å². The summed E-state index contributed by atoms with van der Waals surface area (Å²) in [6.07, 6.45) is 5.59. The van der Waals surface area contributed by atoms with Crippen molar-refractivity contribution in [2.45, 2.75) is 97.1 Å². The molecule has 0 aromatic carbocycles. The number of carbonyl (C=O) groups is 1. The highest BCUT2D eigenvalue weighted by Gasteiger charge is 2.36. The van der Waals surface area contributed by atoms with Gasteiger partial charge in [0, 0.05) is 24.2 Å². The van der Waals surface area contributed by atoms with E-state index in [-0.39, 0.29) is 10.8 Å². The van der Waals surface area contributed by atoms with Crippen LogP contribution in [0.3, 0.4) is 0 Å². The van der Waals surface area contributed by atoms with Gasteiger partial charge in [-0.15, -0.1) is 5.54 Å². The average molecular weight is 427 g/mol. The Morgan fingerprint density at radius 3 is 2.28 bits per heavy atom. The molecule has 0 aliphatic heterocycles. The Hall–Kier alpha value is -1.52. The molecule has 0 aromatic rings. The van der Waals surface area contributed by atoms with Crippen molar-refractivity contribution < 1.29 is 9.22 Å². The van der Waals surface area contributed by atoms with Crippen molar-refractivity contribution in [2.24, 2.45) is 0 Å². The molecule has 4 heteroatoms. The number of Topliss-reactive ketones (excluding diaryl/α,β-unsaturated/α-hetero) is 1. The van der Waals surface area contributed by atoms with E-state index >= 15 is 0 Å². The van der Waals surface area contributed by atoms with Crippen LogP contribution >= 0.6 is 0 Å². The molecule has 0 aromatic heterocycles. The summed E-state index contributed by atoms with van der Waals surface area (Å²) < 4.78 is 6.13. The SMILES string of the molecule is CC(C)(C)[Si](C)(C)OCCC#CC#CC1=C(C(=O)C#C[Si](C)(C)C)CCCCC1. The number of ketones is 1. The van der Waals surface area contributed by atoms with Gasteiger partial charge in [0.1, 0.15) is 8.07 Å². The molecule has 0 bridgehead atoms. The van der Waals surface area contributed by atoms with Gasteiger partial charge in [-0.2, -0.15) is 0 Å². The molecule has 0 spiro atoms. The number of carbonyl (C=O) groups excluding carboxylic acids is 1. The average Bonchev–Trinajstić information content (AvgIpc) is 2.82. The van der Waals surface area contributed by atoms with Crippen LogP contribution in [0.25, 0.3) is 0 Å². The third-order valence-electron chi connectivity index (χ3n) is 5.40. The zero-order chi connectivity index (χ0) is 22.1. The number of hydrogen-bond acceptors (Lipinski definition) is 2. The largest absolute Gasteiger partial charge is 0.416 e. The summed E-state index contributed by atoms with van der Waals surface area (Å²) in [7, 11) is -3.27. The molecule has 1 aliphatic rings. The van der Waals surface area contributed by atoms with E-state index in [0.29, 0.717) is 13.0 Å². The summed E-state index contributed by atoms with van der Waals surface area (Å²) in [4.78, 5) is 12.6. The minimum Gasteiger partial charge on any atom is -0.416 e. The molecule has 1 rings (SSSR count). The van der Waals surface area contributed by atoms with E-state index in [1.54, 1.807) is 0 Å². The number of hydrogen-bond donors (Lipinski definition) is 0. The van der Waals surface area contributed by atoms with Crippen LogP contribution in [0.15, 0.2) is 11.1 Å². The lowest BCUT2D eigenvalue weighted by Crippen LogP contribution is -2.40. The zero-order valence-electron chi connectivity index (χ0n) is 19.8. The van der Waals surface area contributed by atoms with Gasteiger partial charge in [-0.1, -0.05) is 58.7 Å². The molecule has 0 atom stereocenters. The van der Waals surface area contributed by atoms with Crippen molar-refractivity contribution in [3.63, 3.8) is 0 Å². The summed E-state index contributed by atoms with van der Waals surface area (Å²) in [5.41, 5.74) is 4.96. The van der Waals surface area contributed by atoms with Gasteiger partial charge in [0.05, 0.1) is 0 Å². The van der Waals surface area contributed by atoms with Crippen LogP contribution in [0.1, 0.15) is 59.3 Å². The van der Waals surface area contributed by atoms with Gasteiger partial charge >= 0.3 is 0 Å². The van der Waals surface area contributed by atoms with Crippen molar-refractivity contribution in [3.8, 4) is 35.1 Å². The second kappa shape index (κ2) is 11.0. The smallest absolute Gasteiger partial charge is 0.232 e. The van der Waals surface area contributed by atoms with Crippen LogP contribution in [0, 0.1) is 35.1 Å². The third-order valence-corrected chi connectivity index (χ3v) is 10.8. The first-order chi connectivity index (χ1) is 13.3. The van der Waals surface area contributed by atoms with E-state index in [1.807, 2.05) is 0 Å². The van der Waals surface area contributed by atoms with E-state index in [2.05, 4.69) is 88.7 Å². The summed E-state index contributed by atoms with van der Waals surface area (Å²) in [5.74, 6) is 15.0. The van der Waals surface area contributed by atoms with Gasteiger partial charge in [0.25, 0.3) is 0 Å². The van der Waals surface area contributed by atoms with Crippen molar-refractivity contribution in [1.29, 1.82) is 0 Å². The molecule has 0 heterocycles. The Labute approximate surface area is 181 Å². The maximum Gasteiger partial charge on any atom is 0.232 e.